The van der Waals surface area contributed by atoms with Gasteiger partial charge in [0.1, 0.15) is 10.7 Å². The maximum atomic E-state index is 13.3. The summed E-state index contributed by atoms with van der Waals surface area (Å²) in [6.07, 6.45) is 0. The Morgan fingerprint density at radius 3 is 2.32 bits per heavy atom. The van der Waals surface area contributed by atoms with Crippen molar-refractivity contribution in [3.63, 3.8) is 0 Å². The topological polar surface area (TPSA) is 64.6 Å². The molecule has 0 aliphatic heterocycles. The summed E-state index contributed by atoms with van der Waals surface area (Å²) in [6.45, 7) is 2.40. The van der Waals surface area contributed by atoms with E-state index in [2.05, 4.69) is 36.6 Å². The number of methoxy groups -OCH3 is 1. The Kier molecular flexibility index (Phi) is 6.84. The van der Waals surface area contributed by atoms with E-state index >= 15 is 0 Å². The lowest BCUT2D eigenvalue weighted by Gasteiger charge is -2.13. The lowest BCUT2D eigenvalue weighted by Crippen LogP contribution is -2.24. The second-order valence-electron chi connectivity index (χ2n) is 4.94. The summed E-state index contributed by atoms with van der Waals surface area (Å²) in [7, 11) is -2.35. The van der Waals surface area contributed by atoms with Gasteiger partial charge in [-0.25, -0.2) is 17.5 Å². The molecule has 0 heterocycles. The van der Waals surface area contributed by atoms with Gasteiger partial charge in [-0.2, -0.15) is 0 Å². The van der Waals surface area contributed by atoms with Crippen LogP contribution < -0.4 is 14.2 Å². The van der Waals surface area contributed by atoms with Crippen LogP contribution in [0.5, 0.6) is 11.5 Å². The Balaban J connectivity index is 2.23. The third-order valence-corrected chi connectivity index (χ3v) is 6.50. The fraction of sp³-hybridized carbons (Fsp3) is 0.250. The molecule has 0 fully saturated rings. The van der Waals surface area contributed by atoms with Crippen molar-refractivity contribution in [1.82, 2.24) is 4.72 Å². The van der Waals surface area contributed by atoms with Crippen LogP contribution in [0.1, 0.15) is 12.5 Å². The SMILES string of the molecule is CCOc1ccc(CNS(=O)(=O)c2c(Br)cc(F)cc2Br)cc1OC. The van der Waals surface area contributed by atoms with Crippen LogP contribution in [0.3, 0.4) is 0 Å². The zero-order valence-corrected chi connectivity index (χ0v) is 17.5. The summed E-state index contributed by atoms with van der Waals surface area (Å²) < 4.78 is 51.8. The number of hydrogen-bond donors (Lipinski definition) is 1. The van der Waals surface area contributed by atoms with E-state index in [1.54, 1.807) is 18.2 Å². The Morgan fingerprint density at radius 2 is 1.76 bits per heavy atom. The average molecular weight is 497 g/mol. The molecule has 0 spiro atoms. The van der Waals surface area contributed by atoms with Gasteiger partial charge in [-0.15, -0.1) is 0 Å². The highest BCUT2D eigenvalue weighted by Gasteiger charge is 2.22. The molecule has 0 aliphatic carbocycles. The molecule has 2 rings (SSSR count). The van der Waals surface area contributed by atoms with Crippen molar-refractivity contribution < 1.29 is 22.3 Å². The van der Waals surface area contributed by atoms with Gasteiger partial charge in [-0.3, -0.25) is 0 Å². The summed E-state index contributed by atoms with van der Waals surface area (Å²) >= 11 is 6.17. The summed E-state index contributed by atoms with van der Waals surface area (Å²) in [5, 5.41) is 0. The van der Waals surface area contributed by atoms with Gasteiger partial charge in [-0.1, -0.05) is 6.07 Å². The van der Waals surface area contributed by atoms with E-state index in [9.17, 15) is 12.8 Å². The largest absolute Gasteiger partial charge is 0.493 e. The zero-order chi connectivity index (χ0) is 18.6. The molecule has 0 bridgehead atoms. The minimum Gasteiger partial charge on any atom is -0.493 e. The van der Waals surface area contributed by atoms with Gasteiger partial charge in [-0.05, 0) is 68.6 Å². The van der Waals surface area contributed by atoms with Crippen LogP contribution in [0.4, 0.5) is 4.39 Å². The quantitative estimate of drug-likeness (QED) is 0.622. The van der Waals surface area contributed by atoms with Crippen molar-refractivity contribution in [3.05, 3.63) is 50.7 Å². The van der Waals surface area contributed by atoms with Gasteiger partial charge in [0, 0.05) is 15.5 Å². The van der Waals surface area contributed by atoms with E-state index in [0.29, 0.717) is 23.7 Å². The molecule has 0 saturated carbocycles. The Morgan fingerprint density at radius 1 is 1.12 bits per heavy atom. The molecule has 0 amide bonds. The maximum absolute atomic E-state index is 13.3. The van der Waals surface area contributed by atoms with Crippen molar-refractivity contribution in [2.24, 2.45) is 0 Å². The number of nitrogens with one attached hydrogen (secondary N) is 1. The van der Waals surface area contributed by atoms with Gasteiger partial charge >= 0.3 is 0 Å². The first-order chi connectivity index (χ1) is 11.8. The molecule has 0 radical (unpaired) electrons. The molecule has 0 saturated heterocycles. The lowest BCUT2D eigenvalue weighted by atomic mass is 10.2. The van der Waals surface area contributed by atoms with Crippen LogP contribution in [0.15, 0.2) is 44.2 Å². The van der Waals surface area contributed by atoms with Crippen LogP contribution >= 0.6 is 31.9 Å². The van der Waals surface area contributed by atoms with Gasteiger partial charge in [0.15, 0.2) is 11.5 Å². The molecule has 25 heavy (non-hydrogen) atoms. The lowest BCUT2D eigenvalue weighted by molar-refractivity contribution is 0.310. The number of rotatable bonds is 7. The summed E-state index contributed by atoms with van der Waals surface area (Å²) in [4.78, 5) is -0.0631. The summed E-state index contributed by atoms with van der Waals surface area (Å²) in [5.41, 5.74) is 0.693. The molecule has 1 N–H and O–H groups in total. The van der Waals surface area contributed by atoms with E-state index in [1.807, 2.05) is 6.92 Å². The molecule has 0 atom stereocenters. The molecular formula is C16H16Br2FNO4S. The highest BCUT2D eigenvalue weighted by molar-refractivity contribution is 9.11. The van der Waals surface area contributed by atoms with Crippen molar-refractivity contribution in [3.8, 4) is 11.5 Å². The van der Waals surface area contributed by atoms with Crippen LogP contribution in [-0.2, 0) is 16.6 Å². The predicted molar refractivity (Wildman–Crippen MR) is 100.0 cm³/mol. The third kappa shape index (κ3) is 4.93. The van der Waals surface area contributed by atoms with Crippen LogP contribution in [0, 0.1) is 5.82 Å². The molecular weight excluding hydrogens is 481 g/mol. The van der Waals surface area contributed by atoms with Crippen molar-refractivity contribution in [2.45, 2.75) is 18.4 Å². The van der Waals surface area contributed by atoms with Gasteiger partial charge in [0.05, 0.1) is 13.7 Å². The minimum absolute atomic E-state index is 0.0430. The van der Waals surface area contributed by atoms with Crippen LogP contribution in [0.25, 0.3) is 0 Å². The number of halogens is 3. The fourth-order valence-electron chi connectivity index (χ4n) is 2.13. The highest BCUT2D eigenvalue weighted by atomic mass is 79.9. The number of hydrogen-bond acceptors (Lipinski definition) is 4. The Labute approximate surface area is 162 Å². The van der Waals surface area contributed by atoms with E-state index in [1.165, 1.54) is 7.11 Å². The Hall–Kier alpha value is -1.16. The monoisotopic (exact) mass is 495 g/mol. The number of sulfonamides is 1. The van der Waals surface area contributed by atoms with E-state index in [4.69, 9.17) is 9.47 Å². The van der Waals surface area contributed by atoms with Gasteiger partial charge in [0.2, 0.25) is 10.0 Å². The molecule has 0 aliphatic rings. The zero-order valence-electron chi connectivity index (χ0n) is 13.5. The van der Waals surface area contributed by atoms with Gasteiger partial charge < -0.3 is 9.47 Å². The molecule has 0 aromatic heterocycles. The maximum Gasteiger partial charge on any atom is 0.243 e. The molecule has 136 valence electrons. The first-order valence-corrected chi connectivity index (χ1v) is 10.3. The van der Waals surface area contributed by atoms with Crippen molar-refractivity contribution >= 4 is 41.9 Å². The smallest absolute Gasteiger partial charge is 0.243 e. The molecule has 5 nitrogen and oxygen atoms in total. The first kappa shape index (κ1) is 20.2. The number of benzene rings is 2. The van der Waals surface area contributed by atoms with Gasteiger partial charge in [0.25, 0.3) is 0 Å². The first-order valence-electron chi connectivity index (χ1n) is 7.22. The molecule has 0 unspecified atom stereocenters. The highest BCUT2D eigenvalue weighted by Crippen LogP contribution is 2.32. The van der Waals surface area contributed by atoms with Crippen LogP contribution in [0.2, 0.25) is 0 Å². The third-order valence-electron chi connectivity index (χ3n) is 3.23. The van der Waals surface area contributed by atoms with E-state index < -0.39 is 15.8 Å². The van der Waals surface area contributed by atoms with Crippen molar-refractivity contribution in [2.75, 3.05) is 13.7 Å². The fourth-order valence-corrected chi connectivity index (χ4v) is 5.67. The second-order valence-corrected chi connectivity index (χ2v) is 8.35. The predicted octanol–water partition coefficient (Wildman–Crippen LogP) is 4.24. The summed E-state index contributed by atoms with van der Waals surface area (Å²) in [6, 6.07) is 7.35. The van der Waals surface area contributed by atoms with Crippen LogP contribution in [-0.4, -0.2) is 22.1 Å². The minimum atomic E-state index is -3.86. The normalized spacial score (nSPS) is 11.4. The standard InChI is InChI=1S/C16H16Br2FNO4S/c1-3-24-14-5-4-10(6-15(14)23-2)9-20-25(21,22)16-12(17)7-11(19)8-13(16)18/h4-8,20H,3,9H2,1-2H3. The molecule has 2 aromatic rings. The number of ether oxygens (including phenoxy) is 2. The second kappa shape index (κ2) is 8.48. The van der Waals surface area contributed by atoms with Crippen molar-refractivity contribution in [1.29, 1.82) is 0 Å². The molecule has 9 heteroatoms. The van der Waals surface area contributed by atoms with E-state index in [0.717, 1.165) is 12.1 Å². The van der Waals surface area contributed by atoms with E-state index in [-0.39, 0.29) is 20.4 Å². The average Bonchev–Trinajstić information content (AvgIpc) is 2.53. The Bertz CT molecular complexity index is 851. The molecule has 2 aromatic carbocycles. The summed E-state index contributed by atoms with van der Waals surface area (Å²) in [5.74, 6) is 0.553.